The van der Waals surface area contributed by atoms with Gasteiger partial charge in [-0.05, 0) is 57.4 Å². The maximum absolute atomic E-state index is 13.6. The Labute approximate surface area is 194 Å². The Morgan fingerprint density at radius 3 is 2.52 bits per heavy atom. The van der Waals surface area contributed by atoms with Crippen molar-refractivity contribution in [2.45, 2.75) is 50.9 Å². The first-order valence-electron chi connectivity index (χ1n) is 11.9. The van der Waals surface area contributed by atoms with E-state index in [-0.39, 0.29) is 37.0 Å². The lowest BCUT2D eigenvalue weighted by Crippen LogP contribution is -2.53. The summed E-state index contributed by atoms with van der Waals surface area (Å²) in [5.41, 5.74) is 0.698. The zero-order chi connectivity index (χ0) is 23.8. The second-order valence-corrected chi connectivity index (χ2v) is 8.99. The van der Waals surface area contributed by atoms with Crippen LogP contribution in [-0.4, -0.2) is 78.8 Å². The molecule has 2 bridgehead atoms. The zero-order valence-electron chi connectivity index (χ0n) is 19.5. The molecule has 3 saturated heterocycles. The lowest BCUT2D eigenvalue weighted by Gasteiger charge is -2.33. The Hall–Kier alpha value is -2.65. The molecule has 0 radical (unpaired) electrons. The van der Waals surface area contributed by atoms with E-state index in [9.17, 15) is 19.5 Å². The topological polar surface area (TPSA) is 111 Å². The van der Waals surface area contributed by atoms with Crippen LogP contribution in [0.4, 0.5) is 11.4 Å². The number of ether oxygens (including phenoxy) is 1. The van der Waals surface area contributed by atoms with E-state index >= 15 is 0 Å². The van der Waals surface area contributed by atoms with Gasteiger partial charge in [0.1, 0.15) is 11.6 Å². The van der Waals surface area contributed by atoms with Crippen molar-refractivity contribution < 1.29 is 24.2 Å². The van der Waals surface area contributed by atoms with Gasteiger partial charge in [0, 0.05) is 44.7 Å². The molecule has 3 heterocycles. The number of carbonyl (C=O) groups excluding carboxylic acids is 3. The van der Waals surface area contributed by atoms with Crippen molar-refractivity contribution in [3.8, 4) is 0 Å². The lowest BCUT2D eigenvalue weighted by atomic mass is 9.70. The number of hydrogen-bond donors (Lipinski definition) is 3. The molecule has 3 N–H and O–H groups in total. The van der Waals surface area contributed by atoms with Gasteiger partial charge < -0.3 is 30.3 Å². The van der Waals surface area contributed by atoms with Crippen LogP contribution in [0.1, 0.15) is 33.1 Å². The second kappa shape index (κ2) is 9.30. The maximum Gasteiger partial charge on any atom is 0.250 e. The Bertz CT molecular complexity index is 903. The zero-order valence-corrected chi connectivity index (χ0v) is 19.5. The monoisotopic (exact) mass is 458 g/mol. The predicted molar refractivity (Wildman–Crippen MR) is 124 cm³/mol. The largest absolute Gasteiger partial charge is 0.396 e. The van der Waals surface area contributed by atoms with E-state index in [0.29, 0.717) is 24.9 Å². The molecular formula is C24H34N4O5. The fraction of sp³-hybridized carbons (Fsp3) is 0.625. The predicted octanol–water partition coefficient (Wildman–Crippen LogP) is 0.974. The molecule has 0 aliphatic carbocycles. The van der Waals surface area contributed by atoms with Crippen molar-refractivity contribution >= 4 is 29.1 Å². The summed E-state index contributed by atoms with van der Waals surface area (Å²) < 4.78 is 6.30. The number of hydrogen-bond acceptors (Lipinski definition) is 6. The fourth-order valence-electron chi connectivity index (χ4n) is 5.96. The van der Waals surface area contributed by atoms with Gasteiger partial charge in [-0.3, -0.25) is 14.4 Å². The molecule has 5 atom stereocenters. The number of nitrogens with zero attached hydrogens (tertiary/aromatic N) is 2. The molecule has 3 amide bonds. The Balaban J connectivity index is 1.61. The third-order valence-electron chi connectivity index (χ3n) is 7.42. The minimum Gasteiger partial charge on any atom is -0.396 e. The Kier molecular flexibility index (Phi) is 6.63. The van der Waals surface area contributed by atoms with Gasteiger partial charge in [-0.15, -0.1) is 0 Å². The Morgan fingerprint density at radius 2 is 1.91 bits per heavy atom. The average Bonchev–Trinajstić information content (AvgIpc) is 3.46. The third kappa shape index (κ3) is 3.77. The summed E-state index contributed by atoms with van der Waals surface area (Å²) in [6.07, 6.45) is 1.18. The first kappa shape index (κ1) is 23.5. The molecule has 4 rings (SSSR count). The number of aliphatic hydroxyl groups is 1. The smallest absolute Gasteiger partial charge is 0.250 e. The van der Waals surface area contributed by atoms with Crippen molar-refractivity contribution in [2.75, 3.05) is 43.5 Å². The van der Waals surface area contributed by atoms with Crippen LogP contribution < -0.4 is 15.5 Å². The van der Waals surface area contributed by atoms with Gasteiger partial charge in [0.2, 0.25) is 17.7 Å². The van der Waals surface area contributed by atoms with E-state index in [2.05, 4.69) is 29.4 Å². The van der Waals surface area contributed by atoms with Crippen molar-refractivity contribution in [1.29, 1.82) is 0 Å². The van der Waals surface area contributed by atoms with Gasteiger partial charge in [0.25, 0.3) is 0 Å². The highest BCUT2D eigenvalue weighted by Crippen LogP contribution is 2.58. The molecule has 3 aliphatic heterocycles. The summed E-state index contributed by atoms with van der Waals surface area (Å²) in [6.45, 7) is 6.11. The fourth-order valence-corrected chi connectivity index (χ4v) is 5.96. The molecule has 1 spiro atoms. The number of amides is 3. The summed E-state index contributed by atoms with van der Waals surface area (Å²) in [6, 6.07) is 6.80. The van der Waals surface area contributed by atoms with Crippen LogP contribution in [0.3, 0.4) is 0 Å². The highest BCUT2D eigenvalue weighted by atomic mass is 16.5. The van der Waals surface area contributed by atoms with Gasteiger partial charge >= 0.3 is 0 Å². The Morgan fingerprint density at radius 1 is 1.21 bits per heavy atom. The van der Waals surface area contributed by atoms with Crippen LogP contribution in [0.5, 0.6) is 0 Å². The SMILES string of the molecule is CCN(CC)c1ccc(NC(=O)C2N(CCCO)C(=O)[C@@H]3[C@@H](C(=O)NC)[C@H]4CCC23O4)cc1. The van der Waals surface area contributed by atoms with E-state index in [1.165, 1.54) is 4.90 Å². The summed E-state index contributed by atoms with van der Waals surface area (Å²) in [7, 11) is 1.55. The van der Waals surface area contributed by atoms with E-state index < -0.39 is 23.5 Å². The molecule has 1 aromatic rings. The quantitative estimate of drug-likeness (QED) is 0.509. The first-order chi connectivity index (χ1) is 15.9. The van der Waals surface area contributed by atoms with Crippen LogP contribution in [0.15, 0.2) is 24.3 Å². The second-order valence-electron chi connectivity index (χ2n) is 8.99. The van der Waals surface area contributed by atoms with E-state index in [1.807, 2.05) is 24.3 Å². The van der Waals surface area contributed by atoms with E-state index in [1.54, 1.807) is 7.05 Å². The first-order valence-corrected chi connectivity index (χ1v) is 11.9. The van der Waals surface area contributed by atoms with Crippen LogP contribution in [-0.2, 0) is 19.1 Å². The van der Waals surface area contributed by atoms with Gasteiger partial charge in [-0.25, -0.2) is 0 Å². The van der Waals surface area contributed by atoms with Crippen molar-refractivity contribution in [3.63, 3.8) is 0 Å². The molecule has 180 valence electrons. The van der Waals surface area contributed by atoms with Crippen molar-refractivity contribution in [2.24, 2.45) is 11.8 Å². The number of rotatable bonds is 9. The highest BCUT2D eigenvalue weighted by molar-refractivity contribution is 6.03. The van der Waals surface area contributed by atoms with Gasteiger partial charge in [0.15, 0.2) is 0 Å². The molecule has 9 heteroatoms. The normalized spacial score (nSPS) is 29.8. The van der Waals surface area contributed by atoms with Crippen LogP contribution in [0.25, 0.3) is 0 Å². The lowest BCUT2D eigenvalue weighted by molar-refractivity contribution is -0.140. The average molecular weight is 459 g/mol. The van der Waals surface area contributed by atoms with Crippen LogP contribution in [0, 0.1) is 11.8 Å². The highest BCUT2D eigenvalue weighted by Gasteiger charge is 2.74. The van der Waals surface area contributed by atoms with Crippen LogP contribution in [0.2, 0.25) is 0 Å². The van der Waals surface area contributed by atoms with E-state index in [4.69, 9.17) is 4.74 Å². The standard InChI is InChI=1S/C24H34N4O5/c1-4-27(5-2)16-9-7-15(8-10-16)26-22(31)20-24-12-11-17(33-24)18(21(30)25-3)19(24)23(32)28(20)13-6-14-29/h7-10,17-20,29H,4-6,11-14H2,1-3H3,(H,25,30)(H,26,31)/t17-,18+,19+,20?,24?/m1/s1. The summed E-state index contributed by atoms with van der Waals surface area (Å²) in [5.74, 6) is -2.07. The number of aliphatic hydroxyl groups excluding tert-OH is 1. The molecule has 1 aromatic carbocycles. The number of benzene rings is 1. The van der Waals surface area contributed by atoms with Crippen LogP contribution >= 0.6 is 0 Å². The number of carbonyl (C=O) groups is 3. The summed E-state index contributed by atoms with van der Waals surface area (Å²) in [5, 5.41) is 15.0. The van der Waals surface area contributed by atoms with Crippen molar-refractivity contribution in [3.05, 3.63) is 24.3 Å². The van der Waals surface area contributed by atoms with Gasteiger partial charge in [0.05, 0.1) is 17.9 Å². The maximum atomic E-state index is 13.6. The molecule has 3 aliphatic rings. The molecule has 33 heavy (non-hydrogen) atoms. The number of anilines is 2. The molecule has 3 fully saturated rings. The number of fused-ring (bicyclic) bond motifs is 1. The number of nitrogens with one attached hydrogen (secondary N) is 2. The molecule has 9 nitrogen and oxygen atoms in total. The minimum atomic E-state index is -1.01. The minimum absolute atomic E-state index is 0.0923. The summed E-state index contributed by atoms with van der Waals surface area (Å²) in [4.78, 5) is 43.4. The molecular weight excluding hydrogens is 424 g/mol. The van der Waals surface area contributed by atoms with Gasteiger partial charge in [-0.1, -0.05) is 0 Å². The summed E-state index contributed by atoms with van der Waals surface area (Å²) >= 11 is 0. The third-order valence-corrected chi connectivity index (χ3v) is 7.42. The molecule has 2 unspecified atom stereocenters. The van der Waals surface area contributed by atoms with E-state index in [0.717, 1.165) is 18.8 Å². The number of likely N-dealkylation sites (tertiary alicyclic amines) is 1. The van der Waals surface area contributed by atoms with Crippen molar-refractivity contribution in [1.82, 2.24) is 10.2 Å². The molecule has 0 aromatic heterocycles. The van der Waals surface area contributed by atoms with Gasteiger partial charge in [-0.2, -0.15) is 0 Å². The molecule has 0 saturated carbocycles.